The van der Waals surface area contributed by atoms with E-state index in [1.54, 1.807) is 13.8 Å². The minimum Gasteiger partial charge on any atom is -0.357 e. The van der Waals surface area contributed by atoms with Crippen LogP contribution in [0.25, 0.3) is 0 Å². The summed E-state index contributed by atoms with van der Waals surface area (Å²) in [5, 5.41) is 3.32. The zero-order valence-corrected chi connectivity index (χ0v) is 16.9. The molecule has 1 saturated heterocycles. The molecule has 5 nitrogen and oxygen atoms in total. The maximum atomic E-state index is 12.2. The Morgan fingerprint density at radius 2 is 1.92 bits per heavy atom. The fraction of sp³-hybridized carbons (Fsp3) is 0.632. The molecular formula is C19H31N3O2S. The minimum atomic E-state index is -3.05. The van der Waals surface area contributed by atoms with Gasteiger partial charge >= 0.3 is 0 Å². The van der Waals surface area contributed by atoms with Crippen LogP contribution in [0.3, 0.4) is 0 Å². The molecule has 0 aromatic heterocycles. The van der Waals surface area contributed by atoms with Gasteiger partial charge in [-0.25, -0.2) is 8.42 Å². The van der Waals surface area contributed by atoms with Crippen molar-refractivity contribution in [2.24, 2.45) is 4.99 Å². The van der Waals surface area contributed by atoms with Gasteiger partial charge in [0.15, 0.2) is 15.8 Å². The van der Waals surface area contributed by atoms with E-state index in [4.69, 9.17) is 4.99 Å². The second-order valence-electron chi connectivity index (χ2n) is 7.92. The molecule has 0 bridgehead atoms. The van der Waals surface area contributed by atoms with Gasteiger partial charge in [0.05, 0.1) is 17.0 Å². The van der Waals surface area contributed by atoms with E-state index >= 15 is 0 Å². The molecule has 0 atom stereocenters. The molecular weight excluding hydrogens is 334 g/mol. The first-order chi connectivity index (χ1) is 11.6. The predicted octanol–water partition coefficient (Wildman–Crippen LogP) is 2.44. The Morgan fingerprint density at radius 1 is 1.28 bits per heavy atom. The summed E-state index contributed by atoms with van der Waals surface area (Å²) in [6.45, 7) is 12.3. The second kappa shape index (κ2) is 7.36. The molecule has 1 aliphatic rings. The third-order valence-corrected chi connectivity index (χ3v) is 7.39. The molecule has 1 fully saturated rings. The zero-order valence-electron chi connectivity index (χ0n) is 16.0. The van der Waals surface area contributed by atoms with Crippen LogP contribution in [0.5, 0.6) is 0 Å². The Labute approximate surface area is 152 Å². The average molecular weight is 366 g/mol. The number of sulfone groups is 1. The first kappa shape index (κ1) is 19.8. The molecule has 6 heteroatoms. The van der Waals surface area contributed by atoms with Crippen molar-refractivity contribution in [3.05, 3.63) is 35.9 Å². The molecule has 0 amide bonds. The third-order valence-electron chi connectivity index (χ3n) is 4.86. The van der Waals surface area contributed by atoms with E-state index in [2.05, 4.69) is 36.2 Å². The predicted molar refractivity (Wildman–Crippen MR) is 105 cm³/mol. The molecule has 2 rings (SSSR count). The van der Waals surface area contributed by atoms with Gasteiger partial charge in [0.2, 0.25) is 0 Å². The lowest BCUT2D eigenvalue weighted by Gasteiger charge is -2.39. The lowest BCUT2D eigenvalue weighted by Crippen LogP contribution is -2.57. The highest BCUT2D eigenvalue weighted by Crippen LogP contribution is 2.25. The Kier molecular flexibility index (Phi) is 5.82. The normalized spacial score (nSPS) is 20.4. The smallest absolute Gasteiger partial charge is 0.194 e. The van der Waals surface area contributed by atoms with Crippen molar-refractivity contribution in [2.45, 2.75) is 44.8 Å². The molecule has 1 aromatic carbocycles. The van der Waals surface area contributed by atoms with Crippen molar-refractivity contribution in [1.29, 1.82) is 0 Å². The topological polar surface area (TPSA) is 61.8 Å². The van der Waals surface area contributed by atoms with Gasteiger partial charge in [0, 0.05) is 25.0 Å². The molecule has 1 aliphatic heterocycles. The van der Waals surface area contributed by atoms with E-state index in [9.17, 15) is 8.42 Å². The summed E-state index contributed by atoms with van der Waals surface area (Å²) in [6, 6.07) is 10.4. The van der Waals surface area contributed by atoms with E-state index in [1.165, 1.54) is 5.56 Å². The fourth-order valence-corrected chi connectivity index (χ4v) is 4.37. The fourth-order valence-electron chi connectivity index (χ4n) is 3.00. The summed E-state index contributed by atoms with van der Waals surface area (Å²) in [4.78, 5) is 6.91. The summed E-state index contributed by atoms with van der Waals surface area (Å²) in [5.74, 6) is 0.974. The van der Waals surface area contributed by atoms with Crippen LogP contribution in [-0.4, -0.2) is 56.0 Å². The van der Waals surface area contributed by atoms with Crippen molar-refractivity contribution in [3.8, 4) is 0 Å². The number of benzene rings is 1. The van der Waals surface area contributed by atoms with E-state index in [0.717, 1.165) is 12.5 Å². The number of rotatable bonds is 4. The van der Waals surface area contributed by atoms with Crippen LogP contribution in [0.15, 0.2) is 35.3 Å². The molecule has 1 aromatic rings. The minimum absolute atomic E-state index is 0.0840. The lowest BCUT2D eigenvalue weighted by atomic mass is 9.85. The number of hydrogen-bond acceptors (Lipinski definition) is 3. The number of nitrogens with zero attached hydrogens (tertiary/aromatic N) is 2. The van der Waals surface area contributed by atoms with Crippen molar-refractivity contribution in [2.75, 3.05) is 31.9 Å². The van der Waals surface area contributed by atoms with Crippen LogP contribution < -0.4 is 5.32 Å². The SMILES string of the molecule is CCNC(=NCC(C)(C)c1ccccc1)N1CCS(=O)(=O)C(C)(C)C1. The van der Waals surface area contributed by atoms with Crippen molar-refractivity contribution >= 4 is 15.8 Å². The van der Waals surface area contributed by atoms with Crippen LogP contribution in [-0.2, 0) is 15.3 Å². The molecule has 1 heterocycles. The van der Waals surface area contributed by atoms with Crippen LogP contribution in [0, 0.1) is 0 Å². The largest absolute Gasteiger partial charge is 0.357 e. The highest BCUT2D eigenvalue weighted by molar-refractivity contribution is 7.92. The summed E-state index contributed by atoms with van der Waals surface area (Å²) < 4.78 is 23.7. The van der Waals surface area contributed by atoms with Crippen molar-refractivity contribution in [1.82, 2.24) is 10.2 Å². The number of nitrogens with one attached hydrogen (secondary N) is 1. The van der Waals surface area contributed by atoms with Gasteiger partial charge in [-0.05, 0) is 26.3 Å². The van der Waals surface area contributed by atoms with Gasteiger partial charge in [-0.2, -0.15) is 0 Å². The average Bonchev–Trinajstić information content (AvgIpc) is 2.55. The van der Waals surface area contributed by atoms with Gasteiger partial charge in [-0.1, -0.05) is 44.2 Å². The monoisotopic (exact) mass is 365 g/mol. The van der Waals surface area contributed by atoms with Gasteiger partial charge in [-0.3, -0.25) is 4.99 Å². The molecule has 0 radical (unpaired) electrons. The Morgan fingerprint density at radius 3 is 2.48 bits per heavy atom. The van der Waals surface area contributed by atoms with E-state index in [0.29, 0.717) is 19.6 Å². The maximum Gasteiger partial charge on any atom is 0.194 e. The van der Waals surface area contributed by atoms with Crippen molar-refractivity contribution in [3.63, 3.8) is 0 Å². The third kappa shape index (κ3) is 4.54. The molecule has 1 N–H and O–H groups in total. The van der Waals surface area contributed by atoms with Crippen LogP contribution in [0.2, 0.25) is 0 Å². The first-order valence-corrected chi connectivity index (χ1v) is 10.6. The van der Waals surface area contributed by atoms with Gasteiger partial charge in [-0.15, -0.1) is 0 Å². The quantitative estimate of drug-likeness (QED) is 0.658. The molecule has 0 spiro atoms. The Hall–Kier alpha value is -1.56. The summed E-state index contributed by atoms with van der Waals surface area (Å²) >= 11 is 0. The molecule has 140 valence electrons. The van der Waals surface area contributed by atoms with Crippen molar-refractivity contribution < 1.29 is 8.42 Å². The standard InChI is InChI=1S/C19H31N3O2S/c1-6-20-17(22-12-13-25(23,24)19(4,5)15-22)21-14-18(2,3)16-10-8-7-9-11-16/h7-11H,6,12-15H2,1-5H3,(H,20,21). The summed E-state index contributed by atoms with van der Waals surface area (Å²) in [7, 11) is -3.05. The van der Waals surface area contributed by atoms with Gasteiger partial charge < -0.3 is 10.2 Å². The number of aliphatic imine (C=N–C) groups is 1. The Balaban J connectivity index is 2.19. The number of hydrogen-bond donors (Lipinski definition) is 1. The van der Waals surface area contributed by atoms with Gasteiger partial charge in [0.25, 0.3) is 0 Å². The highest BCUT2D eigenvalue weighted by Gasteiger charge is 2.41. The summed E-state index contributed by atoms with van der Waals surface area (Å²) in [5.41, 5.74) is 1.16. The molecule has 0 unspecified atom stereocenters. The van der Waals surface area contributed by atoms with E-state index < -0.39 is 14.6 Å². The second-order valence-corrected chi connectivity index (χ2v) is 10.7. The zero-order chi connectivity index (χ0) is 18.7. The Bertz CT molecular complexity index is 709. The molecule has 0 aliphatic carbocycles. The van der Waals surface area contributed by atoms with E-state index in [1.807, 2.05) is 25.1 Å². The van der Waals surface area contributed by atoms with Gasteiger partial charge in [0.1, 0.15) is 0 Å². The van der Waals surface area contributed by atoms with E-state index in [-0.39, 0.29) is 11.2 Å². The highest BCUT2D eigenvalue weighted by atomic mass is 32.2. The maximum absolute atomic E-state index is 12.2. The van der Waals surface area contributed by atoms with Crippen LogP contribution in [0.4, 0.5) is 0 Å². The molecule has 25 heavy (non-hydrogen) atoms. The van der Waals surface area contributed by atoms with Crippen LogP contribution in [0.1, 0.15) is 40.2 Å². The summed E-state index contributed by atoms with van der Waals surface area (Å²) in [6.07, 6.45) is 0. The molecule has 0 saturated carbocycles. The number of guanidine groups is 1. The lowest BCUT2D eigenvalue weighted by molar-refractivity contribution is 0.352. The first-order valence-electron chi connectivity index (χ1n) is 8.90. The van der Waals surface area contributed by atoms with Crippen LogP contribution >= 0.6 is 0 Å².